The van der Waals surface area contributed by atoms with Gasteiger partial charge in [-0.3, -0.25) is 0 Å². The summed E-state index contributed by atoms with van der Waals surface area (Å²) in [6.45, 7) is -1.30. The summed E-state index contributed by atoms with van der Waals surface area (Å²) in [6.07, 6.45) is 0. The summed E-state index contributed by atoms with van der Waals surface area (Å²) >= 11 is 0. The van der Waals surface area contributed by atoms with Crippen LogP contribution in [0, 0.1) is 0 Å². The molecule has 0 spiro atoms. The standard InChI is InChI=1S/C13H14BNO6/c1-19-7-4-5-8-9(6-7)15-11(13(17)21-3)10(14(8)18)12(16)20-2/h4-6,15,18H,1-3H3. The van der Waals surface area contributed by atoms with Crippen molar-refractivity contribution in [2.45, 2.75) is 0 Å². The van der Waals surface area contributed by atoms with Gasteiger partial charge in [0.15, 0.2) is 0 Å². The number of esters is 2. The zero-order chi connectivity index (χ0) is 15.6. The van der Waals surface area contributed by atoms with Crippen LogP contribution in [0.4, 0.5) is 5.69 Å². The van der Waals surface area contributed by atoms with Gasteiger partial charge in [-0.1, -0.05) is 6.07 Å². The number of fused-ring (bicyclic) bond motifs is 1. The van der Waals surface area contributed by atoms with Gasteiger partial charge >= 0.3 is 18.9 Å². The Bertz CT molecular complexity index is 627. The van der Waals surface area contributed by atoms with Crippen LogP contribution in [0.15, 0.2) is 29.4 Å². The topological polar surface area (TPSA) is 94.1 Å². The number of hydrogen-bond acceptors (Lipinski definition) is 7. The lowest BCUT2D eigenvalue weighted by molar-refractivity contribution is -0.138. The van der Waals surface area contributed by atoms with Gasteiger partial charge in [0.2, 0.25) is 0 Å². The third kappa shape index (κ3) is 2.57. The number of benzene rings is 1. The van der Waals surface area contributed by atoms with Crippen LogP contribution < -0.4 is 15.5 Å². The molecule has 0 radical (unpaired) electrons. The van der Waals surface area contributed by atoms with E-state index in [-0.39, 0.29) is 11.2 Å². The minimum Gasteiger partial charge on any atom is -0.497 e. The first kappa shape index (κ1) is 14.9. The third-order valence-corrected chi connectivity index (χ3v) is 3.15. The van der Waals surface area contributed by atoms with E-state index in [4.69, 9.17) is 4.74 Å². The van der Waals surface area contributed by atoms with Crippen molar-refractivity contribution < 1.29 is 28.8 Å². The van der Waals surface area contributed by atoms with Crippen LogP contribution in [-0.4, -0.2) is 45.2 Å². The molecule has 2 N–H and O–H groups in total. The average molecular weight is 291 g/mol. The second-order valence-electron chi connectivity index (χ2n) is 4.25. The van der Waals surface area contributed by atoms with E-state index in [9.17, 15) is 14.6 Å². The molecule has 0 saturated heterocycles. The monoisotopic (exact) mass is 291 g/mol. The van der Waals surface area contributed by atoms with E-state index in [0.29, 0.717) is 16.9 Å². The molecule has 7 nitrogen and oxygen atoms in total. The molecule has 0 atom stereocenters. The second-order valence-corrected chi connectivity index (χ2v) is 4.25. The zero-order valence-corrected chi connectivity index (χ0v) is 11.8. The van der Waals surface area contributed by atoms with Crippen LogP contribution in [0.2, 0.25) is 0 Å². The number of carbonyl (C=O) groups is 2. The van der Waals surface area contributed by atoms with Crippen molar-refractivity contribution in [3.63, 3.8) is 0 Å². The molecular weight excluding hydrogens is 277 g/mol. The van der Waals surface area contributed by atoms with Gasteiger partial charge in [0.25, 0.3) is 0 Å². The molecule has 0 aromatic heterocycles. The van der Waals surface area contributed by atoms with Gasteiger partial charge < -0.3 is 24.6 Å². The molecule has 21 heavy (non-hydrogen) atoms. The molecule has 1 aliphatic rings. The Morgan fingerprint density at radius 3 is 2.38 bits per heavy atom. The van der Waals surface area contributed by atoms with Crippen LogP contribution in [-0.2, 0) is 19.1 Å². The first-order valence-electron chi connectivity index (χ1n) is 6.07. The maximum atomic E-state index is 11.8. The summed E-state index contributed by atoms with van der Waals surface area (Å²) in [6, 6.07) is 4.85. The van der Waals surface area contributed by atoms with Crippen molar-refractivity contribution in [1.82, 2.24) is 0 Å². The number of anilines is 1. The highest BCUT2D eigenvalue weighted by atomic mass is 16.5. The van der Waals surface area contributed by atoms with Crippen molar-refractivity contribution in [2.75, 3.05) is 26.6 Å². The molecule has 2 rings (SSSR count). The van der Waals surface area contributed by atoms with Gasteiger partial charge in [0.05, 0.1) is 26.8 Å². The predicted octanol–water partition coefficient (Wildman–Crippen LogP) is -0.549. The van der Waals surface area contributed by atoms with Crippen LogP contribution in [0.5, 0.6) is 5.75 Å². The van der Waals surface area contributed by atoms with E-state index >= 15 is 0 Å². The van der Waals surface area contributed by atoms with Gasteiger partial charge in [0.1, 0.15) is 11.4 Å². The van der Waals surface area contributed by atoms with E-state index in [1.165, 1.54) is 21.3 Å². The van der Waals surface area contributed by atoms with Crippen molar-refractivity contribution in [1.29, 1.82) is 0 Å². The number of methoxy groups -OCH3 is 3. The molecular formula is C13H14BNO6. The van der Waals surface area contributed by atoms with Crippen LogP contribution in [0.3, 0.4) is 0 Å². The Kier molecular flexibility index (Phi) is 4.18. The van der Waals surface area contributed by atoms with Crippen LogP contribution in [0.1, 0.15) is 0 Å². The van der Waals surface area contributed by atoms with Crippen molar-refractivity contribution >= 4 is 30.0 Å². The number of carbonyl (C=O) groups excluding carboxylic acids is 2. The molecule has 0 unspecified atom stereocenters. The summed E-state index contributed by atoms with van der Waals surface area (Å²) in [5.41, 5.74) is 0.540. The van der Waals surface area contributed by atoms with Crippen molar-refractivity contribution in [3.8, 4) is 5.75 Å². The van der Waals surface area contributed by atoms with Crippen LogP contribution >= 0.6 is 0 Å². The van der Waals surface area contributed by atoms with E-state index < -0.39 is 18.9 Å². The predicted molar refractivity (Wildman–Crippen MR) is 75.3 cm³/mol. The van der Waals surface area contributed by atoms with Gasteiger partial charge in [-0.05, 0) is 11.5 Å². The normalized spacial score (nSPS) is 13.2. The van der Waals surface area contributed by atoms with Crippen molar-refractivity contribution in [3.05, 3.63) is 29.4 Å². The molecule has 0 aliphatic carbocycles. The quantitative estimate of drug-likeness (QED) is 0.570. The second kappa shape index (κ2) is 5.88. The first-order chi connectivity index (χ1) is 10.0. The summed E-state index contributed by atoms with van der Waals surface area (Å²) in [5, 5.41) is 13.1. The maximum Gasteiger partial charge on any atom is 0.371 e. The molecule has 1 heterocycles. The van der Waals surface area contributed by atoms with Gasteiger partial charge in [-0.2, -0.15) is 0 Å². The minimum absolute atomic E-state index is 0.155. The molecule has 0 saturated carbocycles. The highest BCUT2D eigenvalue weighted by Gasteiger charge is 2.38. The Hall–Kier alpha value is -2.48. The summed E-state index contributed by atoms with van der Waals surface area (Å²) in [5.74, 6) is -1.04. The number of nitrogens with one attached hydrogen (secondary N) is 1. The average Bonchev–Trinajstić information content (AvgIpc) is 2.52. The Labute approximate surface area is 121 Å². The minimum atomic E-state index is -1.30. The molecule has 1 aromatic rings. The highest BCUT2D eigenvalue weighted by Crippen LogP contribution is 2.25. The molecule has 8 heteroatoms. The van der Waals surface area contributed by atoms with E-state index in [1.807, 2.05) is 0 Å². The highest BCUT2D eigenvalue weighted by molar-refractivity contribution is 6.80. The largest absolute Gasteiger partial charge is 0.497 e. The molecule has 0 amide bonds. The molecule has 1 aliphatic heterocycles. The van der Waals surface area contributed by atoms with Gasteiger partial charge in [-0.25, -0.2) is 9.59 Å². The fourth-order valence-electron chi connectivity index (χ4n) is 2.09. The maximum absolute atomic E-state index is 11.8. The van der Waals surface area contributed by atoms with Gasteiger partial charge in [0, 0.05) is 11.8 Å². The summed E-state index contributed by atoms with van der Waals surface area (Å²) in [4.78, 5) is 23.6. The van der Waals surface area contributed by atoms with Crippen LogP contribution in [0.25, 0.3) is 0 Å². The van der Waals surface area contributed by atoms with Crippen molar-refractivity contribution in [2.24, 2.45) is 0 Å². The van der Waals surface area contributed by atoms with E-state index in [0.717, 1.165) is 0 Å². The third-order valence-electron chi connectivity index (χ3n) is 3.15. The molecule has 0 fully saturated rings. The lowest BCUT2D eigenvalue weighted by Crippen LogP contribution is -2.44. The summed E-state index contributed by atoms with van der Waals surface area (Å²) < 4.78 is 14.3. The Morgan fingerprint density at radius 2 is 1.81 bits per heavy atom. The Balaban J connectivity index is 2.56. The molecule has 0 bridgehead atoms. The molecule has 1 aromatic carbocycles. The van der Waals surface area contributed by atoms with E-state index in [1.54, 1.807) is 18.2 Å². The SMILES string of the molecule is COC(=O)C1=C(C(=O)OC)B(O)c2ccc(OC)cc2N1. The zero-order valence-electron chi connectivity index (χ0n) is 11.8. The molecule has 110 valence electrons. The lowest BCUT2D eigenvalue weighted by atomic mass is 9.52. The fourth-order valence-corrected chi connectivity index (χ4v) is 2.09. The van der Waals surface area contributed by atoms with E-state index in [2.05, 4.69) is 14.8 Å². The fraction of sp³-hybridized carbons (Fsp3) is 0.231. The van der Waals surface area contributed by atoms with Gasteiger partial charge in [-0.15, -0.1) is 0 Å². The number of hydrogen-bond donors (Lipinski definition) is 2. The first-order valence-corrected chi connectivity index (χ1v) is 6.07. The summed E-state index contributed by atoms with van der Waals surface area (Å²) in [7, 11) is 3.85. The number of rotatable bonds is 3. The Morgan fingerprint density at radius 1 is 1.14 bits per heavy atom. The number of ether oxygens (including phenoxy) is 3. The lowest BCUT2D eigenvalue weighted by Gasteiger charge is -2.24. The smallest absolute Gasteiger partial charge is 0.371 e.